The molecule has 0 aliphatic heterocycles. The van der Waals surface area contributed by atoms with Crippen molar-refractivity contribution in [2.24, 2.45) is 0 Å². The normalized spacial score (nSPS) is 11.7. The van der Waals surface area contributed by atoms with Crippen LogP contribution in [0.1, 0.15) is 0 Å². The Bertz CT molecular complexity index is 1170. The first-order chi connectivity index (χ1) is 11.3. The number of oxazole rings is 1. The molecule has 5 rings (SSSR count). The Morgan fingerprint density at radius 1 is 0.783 bits per heavy atom. The number of nitrogens with zero attached hydrogens (tertiary/aromatic N) is 1. The summed E-state index contributed by atoms with van der Waals surface area (Å²) in [6.07, 6.45) is 0. The third-order valence-corrected chi connectivity index (χ3v) is 4.58. The van der Waals surface area contributed by atoms with Crippen molar-refractivity contribution in [3.8, 4) is 11.1 Å². The molecule has 3 heteroatoms. The molecule has 0 aliphatic carbocycles. The fourth-order valence-corrected chi connectivity index (χ4v) is 3.57. The lowest BCUT2D eigenvalue weighted by molar-refractivity contribution is 0.658. The Balaban J connectivity index is 2.08. The fraction of sp³-hybridized carbons (Fsp3) is 0. The molecule has 0 saturated carbocycles. The SMILES string of the molecule is Clc1cccc2oc3c(-c4ccccc4)c4ccccc4n3c12. The van der Waals surface area contributed by atoms with E-state index < -0.39 is 0 Å². The summed E-state index contributed by atoms with van der Waals surface area (Å²) in [5.41, 5.74) is 5.90. The van der Waals surface area contributed by atoms with Crippen LogP contribution in [0.3, 0.4) is 0 Å². The smallest absolute Gasteiger partial charge is 0.213 e. The Labute approximate surface area is 137 Å². The van der Waals surface area contributed by atoms with E-state index in [0.717, 1.165) is 33.5 Å². The van der Waals surface area contributed by atoms with Crippen molar-refractivity contribution in [3.05, 3.63) is 77.8 Å². The van der Waals surface area contributed by atoms with Gasteiger partial charge in [-0.15, -0.1) is 0 Å². The summed E-state index contributed by atoms with van der Waals surface area (Å²) in [4.78, 5) is 0. The number of hydrogen-bond acceptors (Lipinski definition) is 1. The lowest BCUT2D eigenvalue weighted by Gasteiger charge is -1.99. The molecule has 0 radical (unpaired) electrons. The number of hydrogen-bond donors (Lipinski definition) is 0. The minimum atomic E-state index is 0.696. The van der Waals surface area contributed by atoms with Crippen LogP contribution in [0.15, 0.2) is 77.2 Å². The molecular weight excluding hydrogens is 306 g/mol. The van der Waals surface area contributed by atoms with Crippen LogP contribution < -0.4 is 0 Å². The molecule has 3 aromatic carbocycles. The first-order valence-corrected chi connectivity index (χ1v) is 7.88. The summed E-state index contributed by atoms with van der Waals surface area (Å²) in [5, 5.41) is 1.86. The molecule has 0 spiro atoms. The van der Waals surface area contributed by atoms with E-state index in [9.17, 15) is 0 Å². The molecule has 0 unspecified atom stereocenters. The predicted octanol–water partition coefficient (Wildman–Crippen LogP) is 6.16. The number of benzene rings is 3. The Kier molecular flexibility index (Phi) is 2.58. The average molecular weight is 318 g/mol. The number of rotatable bonds is 1. The highest BCUT2D eigenvalue weighted by atomic mass is 35.5. The van der Waals surface area contributed by atoms with Gasteiger partial charge in [0.25, 0.3) is 0 Å². The molecule has 0 N–H and O–H groups in total. The number of halogens is 1. The molecule has 0 fully saturated rings. The first-order valence-electron chi connectivity index (χ1n) is 7.50. The maximum atomic E-state index is 6.45. The monoisotopic (exact) mass is 317 g/mol. The fourth-order valence-electron chi connectivity index (χ4n) is 3.32. The van der Waals surface area contributed by atoms with E-state index in [4.69, 9.17) is 16.0 Å². The maximum absolute atomic E-state index is 6.45. The molecule has 0 atom stereocenters. The second-order valence-corrected chi connectivity index (χ2v) is 5.99. The van der Waals surface area contributed by atoms with Gasteiger partial charge in [-0.25, -0.2) is 0 Å². The van der Waals surface area contributed by atoms with E-state index in [1.807, 2.05) is 42.5 Å². The Morgan fingerprint density at radius 2 is 1.57 bits per heavy atom. The summed E-state index contributed by atoms with van der Waals surface area (Å²) in [6, 6.07) is 24.4. The third-order valence-electron chi connectivity index (χ3n) is 4.27. The van der Waals surface area contributed by atoms with E-state index in [0.29, 0.717) is 5.02 Å². The highest BCUT2D eigenvalue weighted by Gasteiger charge is 2.20. The summed E-state index contributed by atoms with van der Waals surface area (Å²) in [6.45, 7) is 0. The van der Waals surface area contributed by atoms with Crippen LogP contribution in [0.5, 0.6) is 0 Å². The van der Waals surface area contributed by atoms with E-state index >= 15 is 0 Å². The largest absolute Gasteiger partial charge is 0.437 e. The van der Waals surface area contributed by atoms with Crippen LogP contribution in [0.4, 0.5) is 0 Å². The van der Waals surface area contributed by atoms with Crippen molar-refractivity contribution in [1.29, 1.82) is 0 Å². The van der Waals surface area contributed by atoms with Crippen LogP contribution in [0.25, 0.3) is 38.8 Å². The summed E-state index contributed by atoms with van der Waals surface area (Å²) < 4.78 is 8.30. The van der Waals surface area contributed by atoms with Crippen LogP contribution in [0.2, 0.25) is 5.02 Å². The zero-order valence-corrected chi connectivity index (χ0v) is 12.9. The Morgan fingerprint density at radius 3 is 2.43 bits per heavy atom. The van der Waals surface area contributed by atoms with Crippen LogP contribution in [0, 0.1) is 0 Å². The molecule has 0 bridgehead atoms. The number of aromatic nitrogens is 1. The van der Waals surface area contributed by atoms with Crippen molar-refractivity contribution in [2.75, 3.05) is 0 Å². The van der Waals surface area contributed by atoms with Crippen molar-refractivity contribution in [2.45, 2.75) is 0 Å². The third kappa shape index (κ3) is 1.70. The molecule has 0 saturated heterocycles. The second kappa shape index (κ2) is 4.64. The summed E-state index contributed by atoms with van der Waals surface area (Å²) in [7, 11) is 0. The van der Waals surface area contributed by atoms with Gasteiger partial charge in [0.05, 0.1) is 16.1 Å². The molecule has 2 heterocycles. The average Bonchev–Trinajstić information content (AvgIpc) is 3.10. The second-order valence-electron chi connectivity index (χ2n) is 5.59. The number of fused-ring (bicyclic) bond motifs is 5. The molecule has 23 heavy (non-hydrogen) atoms. The maximum Gasteiger partial charge on any atom is 0.213 e. The minimum Gasteiger partial charge on any atom is -0.437 e. The van der Waals surface area contributed by atoms with Gasteiger partial charge >= 0.3 is 0 Å². The number of para-hydroxylation sites is 2. The molecule has 0 aliphatic rings. The van der Waals surface area contributed by atoms with Crippen LogP contribution in [-0.4, -0.2) is 4.40 Å². The summed E-state index contributed by atoms with van der Waals surface area (Å²) in [5.74, 6) is 0. The molecular formula is C20H12ClNO. The van der Waals surface area contributed by atoms with E-state index in [-0.39, 0.29) is 0 Å². The first kappa shape index (κ1) is 12.8. The van der Waals surface area contributed by atoms with Gasteiger partial charge < -0.3 is 4.42 Å². The molecule has 2 aromatic heterocycles. The predicted molar refractivity (Wildman–Crippen MR) is 95.1 cm³/mol. The van der Waals surface area contributed by atoms with Gasteiger partial charge in [0.15, 0.2) is 5.58 Å². The van der Waals surface area contributed by atoms with Gasteiger partial charge in [0.2, 0.25) is 5.71 Å². The topological polar surface area (TPSA) is 17.6 Å². The minimum absolute atomic E-state index is 0.696. The van der Waals surface area contributed by atoms with Crippen LogP contribution >= 0.6 is 11.6 Å². The standard InChI is InChI=1S/C20H12ClNO/c21-15-10-6-12-17-19(15)22-16-11-5-4-9-14(16)18(20(22)23-17)13-7-2-1-3-8-13/h1-12H. The highest BCUT2D eigenvalue weighted by Crippen LogP contribution is 2.40. The zero-order valence-electron chi connectivity index (χ0n) is 12.2. The van der Waals surface area contributed by atoms with Gasteiger partial charge in [0, 0.05) is 5.39 Å². The Hall–Kier alpha value is -2.71. The van der Waals surface area contributed by atoms with Gasteiger partial charge in [-0.3, -0.25) is 4.40 Å². The van der Waals surface area contributed by atoms with Crippen molar-refractivity contribution in [1.82, 2.24) is 4.40 Å². The summed E-state index contributed by atoms with van der Waals surface area (Å²) >= 11 is 6.45. The van der Waals surface area contributed by atoms with Gasteiger partial charge in [-0.05, 0) is 23.8 Å². The van der Waals surface area contributed by atoms with Crippen molar-refractivity contribution in [3.63, 3.8) is 0 Å². The molecule has 5 aromatic rings. The van der Waals surface area contributed by atoms with E-state index in [2.05, 4.69) is 34.7 Å². The van der Waals surface area contributed by atoms with Crippen molar-refractivity contribution < 1.29 is 4.42 Å². The van der Waals surface area contributed by atoms with Gasteiger partial charge in [0.1, 0.15) is 5.52 Å². The lowest BCUT2D eigenvalue weighted by Crippen LogP contribution is -1.80. The van der Waals surface area contributed by atoms with E-state index in [1.165, 1.54) is 5.39 Å². The van der Waals surface area contributed by atoms with Crippen molar-refractivity contribution >= 4 is 39.3 Å². The lowest BCUT2D eigenvalue weighted by atomic mass is 10.0. The molecule has 2 nitrogen and oxygen atoms in total. The zero-order chi connectivity index (χ0) is 15.4. The quantitative estimate of drug-likeness (QED) is 0.362. The highest BCUT2D eigenvalue weighted by molar-refractivity contribution is 6.35. The van der Waals surface area contributed by atoms with Gasteiger partial charge in [-0.2, -0.15) is 0 Å². The molecule has 0 amide bonds. The molecule has 110 valence electrons. The van der Waals surface area contributed by atoms with Crippen LogP contribution in [-0.2, 0) is 0 Å². The van der Waals surface area contributed by atoms with E-state index in [1.54, 1.807) is 0 Å². The van der Waals surface area contributed by atoms with Gasteiger partial charge in [-0.1, -0.05) is 66.2 Å².